The molecule has 0 amide bonds. The molecule has 0 spiro atoms. The van der Waals surface area contributed by atoms with Gasteiger partial charge in [-0.05, 0) is 19.3 Å². The average Bonchev–Trinajstić information content (AvgIpc) is 2.80. The van der Waals surface area contributed by atoms with E-state index in [0.29, 0.717) is 18.1 Å². The number of thiazole rings is 1. The smallest absolute Gasteiger partial charge is 0.136 e. The van der Waals surface area contributed by atoms with E-state index in [4.69, 9.17) is 0 Å². The maximum atomic E-state index is 11.3. The van der Waals surface area contributed by atoms with E-state index >= 15 is 0 Å². The van der Waals surface area contributed by atoms with E-state index < -0.39 is 0 Å². The first kappa shape index (κ1) is 7.92. The molecule has 2 nitrogen and oxygen atoms in total. The topological polar surface area (TPSA) is 30.0 Å². The molecule has 1 heterocycles. The van der Waals surface area contributed by atoms with Gasteiger partial charge in [-0.25, -0.2) is 4.98 Å². The Morgan fingerprint density at radius 3 is 3.08 bits per heavy atom. The Morgan fingerprint density at radius 1 is 1.67 bits per heavy atom. The molecule has 0 radical (unpaired) electrons. The molecule has 0 aromatic carbocycles. The van der Waals surface area contributed by atoms with E-state index in [2.05, 4.69) is 4.98 Å². The summed E-state index contributed by atoms with van der Waals surface area (Å²) < 4.78 is 0. The van der Waals surface area contributed by atoms with Gasteiger partial charge in [-0.1, -0.05) is 0 Å². The zero-order valence-corrected chi connectivity index (χ0v) is 7.64. The summed E-state index contributed by atoms with van der Waals surface area (Å²) in [6.45, 7) is 0. The summed E-state index contributed by atoms with van der Waals surface area (Å²) >= 11 is 1.59. The fraction of sp³-hybridized carbons (Fsp3) is 0.556. The lowest BCUT2D eigenvalue weighted by molar-refractivity contribution is -0.120. The SMILES string of the molecule is O=C(CCc1cscn1)C1CC1. The fourth-order valence-electron chi connectivity index (χ4n) is 1.22. The zero-order chi connectivity index (χ0) is 8.39. The molecule has 1 aromatic rings. The first-order valence-corrected chi connectivity index (χ1v) is 5.20. The molecule has 0 aliphatic heterocycles. The van der Waals surface area contributed by atoms with Gasteiger partial charge in [0.25, 0.3) is 0 Å². The number of carbonyl (C=O) groups is 1. The van der Waals surface area contributed by atoms with Crippen LogP contribution in [0.4, 0.5) is 0 Å². The summed E-state index contributed by atoms with van der Waals surface area (Å²) in [5.41, 5.74) is 2.88. The number of Topliss-reactive ketones (excluding diaryl/α,β-unsaturated/α-hetero) is 1. The Kier molecular flexibility index (Phi) is 2.21. The van der Waals surface area contributed by atoms with Crippen LogP contribution < -0.4 is 0 Å². The predicted molar refractivity (Wildman–Crippen MR) is 48.2 cm³/mol. The van der Waals surface area contributed by atoms with Gasteiger partial charge in [0.2, 0.25) is 0 Å². The number of nitrogens with zero attached hydrogens (tertiary/aromatic N) is 1. The summed E-state index contributed by atoms with van der Waals surface area (Å²) in [6.07, 6.45) is 3.76. The molecular weight excluding hydrogens is 170 g/mol. The third-order valence-corrected chi connectivity index (χ3v) is 2.78. The number of aromatic nitrogens is 1. The lowest BCUT2D eigenvalue weighted by atomic mass is 10.1. The molecule has 64 valence electrons. The first-order chi connectivity index (χ1) is 5.86. The molecule has 0 atom stereocenters. The van der Waals surface area contributed by atoms with Crippen molar-refractivity contribution in [2.75, 3.05) is 0 Å². The molecule has 1 aromatic heterocycles. The van der Waals surface area contributed by atoms with Crippen LogP contribution in [0, 0.1) is 5.92 Å². The second-order valence-electron chi connectivity index (χ2n) is 3.22. The number of aryl methyl sites for hydroxylation is 1. The van der Waals surface area contributed by atoms with Crippen LogP contribution in [0.3, 0.4) is 0 Å². The van der Waals surface area contributed by atoms with Crippen molar-refractivity contribution in [2.45, 2.75) is 25.7 Å². The van der Waals surface area contributed by atoms with E-state index in [0.717, 1.165) is 25.0 Å². The van der Waals surface area contributed by atoms with Crippen LogP contribution in [0.15, 0.2) is 10.9 Å². The van der Waals surface area contributed by atoms with Crippen LogP contribution in [-0.2, 0) is 11.2 Å². The van der Waals surface area contributed by atoms with Crippen LogP contribution >= 0.6 is 11.3 Å². The predicted octanol–water partition coefficient (Wildman–Crippen LogP) is 2.05. The van der Waals surface area contributed by atoms with Gasteiger partial charge in [-0.2, -0.15) is 0 Å². The van der Waals surface area contributed by atoms with Gasteiger partial charge < -0.3 is 0 Å². The lowest BCUT2D eigenvalue weighted by Gasteiger charge is -1.94. The molecule has 12 heavy (non-hydrogen) atoms. The summed E-state index contributed by atoms with van der Waals surface area (Å²) in [5.74, 6) is 0.839. The first-order valence-electron chi connectivity index (χ1n) is 4.26. The van der Waals surface area contributed by atoms with Crippen molar-refractivity contribution in [3.8, 4) is 0 Å². The third-order valence-electron chi connectivity index (χ3n) is 2.14. The van der Waals surface area contributed by atoms with E-state index in [1.165, 1.54) is 0 Å². The van der Waals surface area contributed by atoms with Gasteiger partial charge in [0, 0.05) is 17.7 Å². The molecule has 1 aliphatic carbocycles. The number of rotatable bonds is 4. The van der Waals surface area contributed by atoms with Crippen LogP contribution in [0.2, 0.25) is 0 Å². The second kappa shape index (κ2) is 3.35. The van der Waals surface area contributed by atoms with E-state index in [-0.39, 0.29) is 0 Å². The third kappa shape index (κ3) is 1.91. The summed E-state index contributed by atoms with van der Waals surface area (Å²) in [4.78, 5) is 15.4. The van der Waals surface area contributed by atoms with Crippen LogP contribution in [0.1, 0.15) is 25.0 Å². The van der Waals surface area contributed by atoms with Crippen LogP contribution in [0.5, 0.6) is 0 Å². The zero-order valence-electron chi connectivity index (χ0n) is 6.82. The van der Waals surface area contributed by atoms with Gasteiger partial charge in [-0.3, -0.25) is 4.79 Å². The molecule has 0 bridgehead atoms. The summed E-state index contributed by atoms with van der Waals surface area (Å²) in [6, 6.07) is 0. The lowest BCUT2D eigenvalue weighted by Crippen LogP contribution is -2.01. The van der Waals surface area contributed by atoms with Crippen molar-refractivity contribution in [1.82, 2.24) is 4.98 Å². The maximum Gasteiger partial charge on any atom is 0.136 e. The average molecular weight is 181 g/mol. The minimum atomic E-state index is 0.406. The summed E-state index contributed by atoms with van der Waals surface area (Å²) in [7, 11) is 0. The number of ketones is 1. The minimum absolute atomic E-state index is 0.406. The van der Waals surface area contributed by atoms with Crippen molar-refractivity contribution in [2.24, 2.45) is 5.92 Å². The van der Waals surface area contributed by atoms with Gasteiger partial charge in [-0.15, -0.1) is 11.3 Å². The highest BCUT2D eigenvalue weighted by molar-refractivity contribution is 7.07. The molecule has 2 rings (SSSR count). The molecule has 1 fully saturated rings. The number of hydrogen-bond donors (Lipinski definition) is 0. The Labute approximate surface area is 75.6 Å². The highest BCUT2D eigenvalue weighted by atomic mass is 32.1. The fourth-order valence-corrected chi connectivity index (χ4v) is 1.81. The molecule has 0 N–H and O–H groups in total. The number of carbonyl (C=O) groups excluding carboxylic acids is 1. The van der Waals surface area contributed by atoms with Gasteiger partial charge >= 0.3 is 0 Å². The molecule has 0 unspecified atom stereocenters. The van der Waals surface area contributed by atoms with Crippen molar-refractivity contribution >= 4 is 17.1 Å². The molecule has 0 saturated heterocycles. The minimum Gasteiger partial charge on any atom is -0.299 e. The molecule has 1 aliphatic rings. The standard InChI is InChI=1S/C9H11NOS/c11-9(7-1-2-7)4-3-8-5-12-6-10-8/h5-7H,1-4H2. The highest BCUT2D eigenvalue weighted by Gasteiger charge is 2.28. The highest BCUT2D eigenvalue weighted by Crippen LogP contribution is 2.31. The monoisotopic (exact) mass is 181 g/mol. The van der Waals surface area contributed by atoms with Gasteiger partial charge in [0.15, 0.2) is 0 Å². The van der Waals surface area contributed by atoms with Crippen molar-refractivity contribution in [3.63, 3.8) is 0 Å². The number of hydrogen-bond acceptors (Lipinski definition) is 3. The normalized spacial score (nSPS) is 16.3. The second-order valence-corrected chi connectivity index (χ2v) is 3.94. The van der Waals surface area contributed by atoms with E-state index in [1.807, 2.05) is 10.9 Å². The summed E-state index contributed by atoms with van der Waals surface area (Å²) in [5, 5.41) is 2.01. The van der Waals surface area contributed by atoms with Gasteiger partial charge in [0.05, 0.1) is 11.2 Å². The Morgan fingerprint density at radius 2 is 2.50 bits per heavy atom. The van der Waals surface area contributed by atoms with E-state index in [1.54, 1.807) is 11.3 Å². The Hall–Kier alpha value is -0.700. The largest absolute Gasteiger partial charge is 0.299 e. The van der Waals surface area contributed by atoms with Crippen LogP contribution in [0.25, 0.3) is 0 Å². The van der Waals surface area contributed by atoms with Crippen molar-refractivity contribution < 1.29 is 4.79 Å². The molecular formula is C9H11NOS. The maximum absolute atomic E-state index is 11.3. The molecule has 1 saturated carbocycles. The Balaban J connectivity index is 1.78. The van der Waals surface area contributed by atoms with Crippen LogP contribution in [-0.4, -0.2) is 10.8 Å². The van der Waals surface area contributed by atoms with Crippen molar-refractivity contribution in [3.05, 3.63) is 16.6 Å². The van der Waals surface area contributed by atoms with E-state index in [9.17, 15) is 4.79 Å². The quantitative estimate of drug-likeness (QED) is 0.711. The van der Waals surface area contributed by atoms with Gasteiger partial charge in [0.1, 0.15) is 5.78 Å². The van der Waals surface area contributed by atoms with Crippen molar-refractivity contribution in [1.29, 1.82) is 0 Å². The Bertz CT molecular complexity index is 264. The molecule has 3 heteroatoms.